The van der Waals surface area contributed by atoms with Gasteiger partial charge in [0.05, 0.1) is 4.08 Å². The largest absolute Gasteiger partial charge is 0.299 e. The second kappa shape index (κ2) is 16.6. The smallest absolute Gasteiger partial charge is 0.139 e. The summed E-state index contributed by atoms with van der Waals surface area (Å²) in [6.07, 6.45) is 15.3. The predicted molar refractivity (Wildman–Crippen MR) is 209 cm³/mol. The molecule has 9 atom stereocenters. The zero-order valence-corrected chi connectivity index (χ0v) is 34.5. The van der Waals surface area contributed by atoms with E-state index in [1.54, 1.807) is 11.1 Å². The van der Waals surface area contributed by atoms with Gasteiger partial charge in [-0.2, -0.15) is 0 Å². The van der Waals surface area contributed by atoms with Crippen LogP contribution in [0.2, 0.25) is 0 Å². The fraction of sp³-hybridized carbons (Fsp3) is 0.639. The Bertz CT molecular complexity index is 1340. The number of Topliss-reactive ketones (excluding diaryl/α,β-unsaturated/α-hetero) is 1. The van der Waals surface area contributed by atoms with E-state index in [9.17, 15) is 4.79 Å². The summed E-state index contributed by atoms with van der Waals surface area (Å²) >= 11 is 4.64. The number of fused-ring (bicyclic) bond motifs is 11. The van der Waals surface area contributed by atoms with Crippen molar-refractivity contribution in [1.29, 1.82) is 0 Å². The number of carbonyl (C=O) groups excluding carboxylic acids is 1. The van der Waals surface area contributed by atoms with Crippen molar-refractivity contribution in [3.05, 3.63) is 70.8 Å². The SMILES string of the molecule is O=C1CC2c3ccccc3CCN2C2CCCCC12.PP(P)P.[V].c1ccc2c(c1)CCN1C2CC2(SCCS2)C2CCCCC21. The van der Waals surface area contributed by atoms with Crippen LogP contribution in [0.3, 0.4) is 0 Å². The maximum absolute atomic E-state index is 12.5. The van der Waals surface area contributed by atoms with E-state index in [0.717, 1.165) is 37.8 Å². The molecule has 3 saturated heterocycles. The molecule has 1 spiro atoms. The average molecular weight is 768 g/mol. The summed E-state index contributed by atoms with van der Waals surface area (Å²) in [5.74, 6) is 4.57. The molecule has 0 bridgehead atoms. The standard InChI is InChI=1S/C19H25NS2.C17H21NO.H6P4.V/c1-2-6-15-14(5-1)9-10-20-17-8-4-3-7-16(17)19(13-18(15)20)21-11-12-22-19;19-17-11-16-13-6-2-1-5-12(13)9-10-18(16)15-8-4-3-7-14(15)17;1-4(2)3;/h1-2,5-6,16-18H,3-4,7-13H2;1-2,5-6,14-16H,3-4,7-11H2;1-3H2;. The molecule has 2 aliphatic carbocycles. The van der Waals surface area contributed by atoms with Crippen LogP contribution in [0.4, 0.5) is 0 Å². The van der Waals surface area contributed by atoms with E-state index in [1.807, 2.05) is 0 Å². The van der Waals surface area contributed by atoms with Gasteiger partial charge in [-0.05, 0) is 80.1 Å². The zero-order chi connectivity index (χ0) is 31.0. The second-order valence-corrected chi connectivity index (χ2v) is 28.9. The number of nitrogens with zero attached hydrogens (tertiary/aromatic N) is 2. The molecule has 2 aromatic rings. The van der Waals surface area contributed by atoms with Crippen molar-refractivity contribution in [3.8, 4) is 0 Å². The van der Waals surface area contributed by atoms with Crippen LogP contribution in [0.25, 0.3) is 0 Å². The maximum atomic E-state index is 12.5. The number of piperidine rings is 2. The Morgan fingerprint density at radius 3 is 1.89 bits per heavy atom. The van der Waals surface area contributed by atoms with Crippen LogP contribution < -0.4 is 0 Å². The van der Waals surface area contributed by atoms with Gasteiger partial charge >= 0.3 is 0 Å². The van der Waals surface area contributed by atoms with Gasteiger partial charge in [-0.15, -0.1) is 50.3 Å². The Labute approximate surface area is 306 Å². The van der Waals surface area contributed by atoms with Crippen LogP contribution in [-0.2, 0) is 36.2 Å². The zero-order valence-electron chi connectivity index (χ0n) is 27.1. The van der Waals surface area contributed by atoms with Gasteiger partial charge in [-0.25, -0.2) is 0 Å². The van der Waals surface area contributed by atoms with Gasteiger partial charge in [0, 0.05) is 79.7 Å². The minimum absolute atomic E-state index is 0. The van der Waals surface area contributed by atoms with E-state index in [2.05, 4.69) is 109 Å². The fourth-order valence-corrected chi connectivity index (χ4v) is 13.8. The number of rotatable bonds is 0. The van der Waals surface area contributed by atoms with E-state index in [0.29, 0.717) is 33.9 Å². The number of thioether (sulfide) groups is 2. The Kier molecular flexibility index (Phi) is 13.3. The van der Waals surface area contributed by atoms with Gasteiger partial charge in [-0.1, -0.05) is 74.2 Å². The number of hydrogen-bond donors (Lipinski definition) is 0. The van der Waals surface area contributed by atoms with Gasteiger partial charge in [-0.3, -0.25) is 14.6 Å². The van der Waals surface area contributed by atoms with E-state index in [1.165, 1.54) is 87.0 Å². The molecule has 7 aliphatic rings. The fourth-order valence-electron chi connectivity index (χ4n) is 10.1. The third-order valence-corrected chi connectivity index (χ3v) is 15.5. The Morgan fingerprint density at radius 2 is 1.24 bits per heavy atom. The monoisotopic (exact) mass is 767 g/mol. The maximum Gasteiger partial charge on any atom is 0.139 e. The normalized spacial score (nSPS) is 32.5. The first-order valence-corrected chi connectivity index (χ1v) is 25.6. The Morgan fingerprint density at radius 1 is 0.717 bits per heavy atom. The molecule has 10 heteroatoms. The summed E-state index contributed by atoms with van der Waals surface area (Å²) in [7, 11) is 7.94. The predicted octanol–water partition coefficient (Wildman–Crippen LogP) is 9.68. The summed E-state index contributed by atoms with van der Waals surface area (Å²) in [5, 5.41) is 0. The van der Waals surface area contributed by atoms with Crippen LogP contribution in [0.15, 0.2) is 48.5 Å². The number of hydrogen-bond acceptors (Lipinski definition) is 5. The van der Waals surface area contributed by atoms with Crippen molar-refractivity contribution in [2.45, 2.75) is 105 Å². The van der Waals surface area contributed by atoms with Crippen molar-refractivity contribution in [2.24, 2.45) is 11.8 Å². The Hall–Kier alpha value is 1.03. The molecule has 0 N–H and O–H groups in total. The molecular weight excluding hydrogens is 715 g/mol. The van der Waals surface area contributed by atoms with Gasteiger partial charge in [0.1, 0.15) is 5.78 Å². The third-order valence-electron chi connectivity index (χ3n) is 11.8. The van der Waals surface area contributed by atoms with Gasteiger partial charge < -0.3 is 0 Å². The van der Waals surface area contributed by atoms with E-state index < -0.39 is 0 Å². The quantitative estimate of drug-likeness (QED) is 0.249. The molecule has 1 radical (unpaired) electrons. The van der Waals surface area contributed by atoms with Crippen molar-refractivity contribution in [1.82, 2.24) is 9.80 Å². The summed E-state index contributed by atoms with van der Waals surface area (Å²) < 4.78 is 0.538. The number of benzene rings is 2. The molecule has 46 heavy (non-hydrogen) atoms. The molecule has 3 nitrogen and oxygen atoms in total. The molecule has 249 valence electrons. The van der Waals surface area contributed by atoms with Gasteiger partial charge in [0.15, 0.2) is 0 Å². The first-order valence-electron chi connectivity index (χ1n) is 17.5. The topological polar surface area (TPSA) is 23.6 Å². The van der Waals surface area contributed by atoms with Crippen LogP contribution in [-0.4, -0.2) is 56.3 Å². The van der Waals surface area contributed by atoms with Crippen LogP contribution >= 0.6 is 57.3 Å². The minimum atomic E-state index is 0. The van der Waals surface area contributed by atoms with Crippen LogP contribution in [0.5, 0.6) is 0 Å². The van der Waals surface area contributed by atoms with Crippen molar-refractivity contribution < 1.29 is 23.4 Å². The van der Waals surface area contributed by atoms with E-state index in [-0.39, 0.29) is 25.5 Å². The van der Waals surface area contributed by atoms with Crippen molar-refractivity contribution >= 4 is 63.1 Å². The van der Waals surface area contributed by atoms with E-state index in [4.69, 9.17) is 0 Å². The first-order chi connectivity index (χ1) is 21.9. The Balaban J connectivity index is 0.000000143. The molecule has 9 rings (SSSR count). The molecule has 2 aromatic carbocycles. The van der Waals surface area contributed by atoms with Crippen molar-refractivity contribution in [2.75, 3.05) is 24.6 Å². The molecule has 2 saturated carbocycles. The average Bonchev–Trinajstić information content (AvgIpc) is 3.54. The molecule has 9 unspecified atom stereocenters. The second-order valence-electron chi connectivity index (χ2n) is 14.2. The summed E-state index contributed by atoms with van der Waals surface area (Å²) in [4.78, 5) is 18.1. The molecule has 5 heterocycles. The van der Waals surface area contributed by atoms with Gasteiger partial charge in [0.2, 0.25) is 0 Å². The summed E-state index contributed by atoms with van der Waals surface area (Å²) in [5.41, 5.74) is 6.17. The third kappa shape index (κ3) is 7.62. The van der Waals surface area contributed by atoms with Crippen LogP contribution in [0, 0.1) is 11.8 Å². The minimum Gasteiger partial charge on any atom is -0.299 e. The molecular formula is C36H52N2OP4S2V. The summed E-state index contributed by atoms with van der Waals surface area (Å²) in [6.45, 7) is 2.58. The molecule has 0 aromatic heterocycles. The van der Waals surface area contributed by atoms with Crippen molar-refractivity contribution in [3.63, 3.8) is 0 Å². The summed E-state index contributed by atoms with van der Waals surface area (Å²) in [6, 6.07) is 20.5. The first kappa shape index (κ1) is 36.8. The number of ketones is 1. The molecule has 5 aliphatic heterocycles. The molecule has 0 amide bonds. The number of carbonyl (C=O) groups is 1. The van der Waals surface area contributed by atoms with Crippen LogP contribution in [0.1, 0.15) is 98.5 Å². The van der Waals surface area contributed by atoms with E-state index >= 15 is 0 Å². The molecule has 5 fully saturated rings. The van der Waals surface area contributed by atoms with Gasteiger partial charge in [0.25, 0.3) is 0 Å².